The lowest BCUT2D eigenvalue weighted by atomic mass is 10.0. The fourth-order valence-electron chi connectivity index (χ4n) is 1.29. The zero-order valence-corrected chi connectivity index (χ0v) is 8.73. The molecule has 0 spiro atoms. The van der Waals surface area contributed by atoms with Crippen molar-refractivity contribution in [2.24, 2.45) is 0 Å². The van der Waals surface area contributed by atoms with Gasteiger partial charge in [0.2, 0.25) is 12.3 Å². The van der Waals surface area contributed by atoms with Gasteiger partial charge in [-0.2, -0.15) is 5.26 Å². The zero-order valence-electron chi connectivity index (χ0n) is 8.73. The number of amides is 2. The molecule has 0 radical (unpaired) electrons. The van der Waals surface area contributed by atoms with Crippen LogP contribution in [0.3, 0.4) is 0 Å². The topological polar surface area (TPSA) is 82.0 Å². The van der Waals surface area contributed by atoms with Crippen LogP contribution in [0.4, 0.5) is 0 Å². The fraction of sp³-hybridized carbons (Fsp3) is 0.182. The van der Waals surface area contributed by atoms with Crippen molar-refractivity contribution in [2.75, 3.05) is 7.05 Å². The zero-order chi connectivity index (χ0) is 12.0. The van der Waals surface area contributed by atoms with E-state index in [9.17, 15) is 9.59 Å². The Kier molecular flexibility index (Phi) is 4.04. The van der Waals surface area contributed by atoms with Crippen LogP contribution in [0.2, 0.25) is 0 Å². The largest absolute Gasteiger partial charge is 0.357 e. The lowest BCUT2D eigenvalue weighted by Gasteiger charge is -2.14. The maximum Gasteiger partial charge on any atom is 0.246 e. The predicted molar refractivity (Wildman–Crippen MR) is 57.2 cm³/mol. The van der Waals surface area contributed by atoms with Crippen molar-refractivity contribution in [1.29, 1.82) is 5.26 Å². The average molecular weight is 217 g/mol. The van der Waals surface area contributed by atoms with E-state index >= 15 is 0 Å². The average Bonchev–Trinajstić information content (AvgIpc) is 2.35. The Hall–Kier alpha value is -2.35. The summed E-state index contributed by atoms with van der Waals surface area (Å²) in [5, 5.41) is 13.5. The molecular weight excluding hydrogens is 206 g/mol. The van der Waals surface area contributed by atoms with E-state index in [1.807, 2.05) is 6.07 Å². The van der Waals surface area contributed by atoms with E-state index in [0.29, 0.717) is 17.5 Å². The molecule has 1 rings (SSSR count). The van der Waals surface area contributed by atoms with Crippen LogP contribution in [0.1, 0.15) is 17.2 Å². The second-order valence-corrected chi connectivity index (χ2v) is 3.07. The Bertz CT molecular complexity index is 420. The summed E-state index contributed by atoms with van der Waals surface area (Å²) in [7, 11) is 1.49. The Labute approximate surface area is 93.1 Å². The van der Waals surface area contributed by atoms with Gasteiger partial charge in [0.05, 0.1) is 11.6 Å². The Morgan fingerprint density at radius 2 is 2.06 bits per heavy atom. The van der Waals surface area contributed by atoms with Gasteiger partial charge in [0.15, 0.2) is 0 Å². The third kappa shape index (κ3) is 2.58. The molecule has 2 N–H and O–H groups in total. The Balaban J connectivity index is 2.97. The summed E-state index contributed by atoms with van der Waals surface area (Å²) in [6, 6.07) is 7.71. The maximum atomic E-state index is 11.5. The minimum absolute atomic E-state index is 0.309. The third-order valence-corrected chi connectivity index (χ3v) is 2.12. The Morgan fingerprint density at radius 1 is 1.44 bits per heavy atom. The van der Waals surface area contributed by atoms with Crippen LogP contribution in [0.25, 0.3) is 0 Å². The highest BCUT2D eigenvalue weighted by molar-refractivity contribution is 5.84. The molecule has 1 unspecified atom stereocenters. The van der Waals surface area contributed by atoms with Gasteiger partial charge in [0, 0.05) is 7.05 Å². The van der Waals surface area contributed by atoms with E-state index in [-0.39, 0.29) is 5.91 Å². The molecule has 0 bridgehead atoms. The van der Waals surface area contributed by atoms with Crippen LogP contribution < -0.4 is 10.6 Å². The van der Waals surface area contributed by atoms with Crippen LogP contribution in [0.5, 0.6) is 0 Å². The molecule has 0 saturated carbocycles. The van der Waals surface area contributed by atoms with Gasteiger partial charge < -0.3 is 10.6 Å². The second kappa shape index (κ2) is 5.51. The molecule has 5 nitrogen and oxygen atoms in total. The molecule has 1 aromatic carbocycles. The number of nitriles is 1. The van der Waals surface area contributed by atoms with E-state index in [1.54, 1.807) is 24.3 Å². The van der Waals surface area contributed by atoms with Gasteiger partial charge >= 0.3 is 0 Å². The molecule has 0 heterocycles. The van der Waals surface area contributed by atoms with Gasteiger partial charge in [0.1, 0.15) is 6.04 Å². The number of carbonyl (C=O) groups is 2. The van der Waals surface area contributed by atoms with Crippen molar-refractivity contribution in [3.63, 3.8) is 0 Å². The summed E-state index contributed by atoms with van der Waals surface area (Å²) >= 11 is 0. The van der Waals surface area contributed by atoms with Crippen molar-refractivity contribution in [3.05, 3.63) is 35.4 Å². The highest BCUT2D eigenvalue weighted by Crippen LogP contribution is 2.13. The van der Waals surface area contributed by atoms with Gasteiger partial charge in [-0.25, -0.2) is 0 Å². The van der Waals surface area contributed by atoms with Crippen LogP contribution in [-0.2, 0) is 9.59 Å². The highest BCUT2D eigenvalue weighted by atomic mass is 16.2. The van der Waals surface area contributed by atoms with Crippen molar-refractivity contribution >= 4 is 12.3 Å². The summed E-state index contributed by atoms with van der Waals surface area (Å²) in [5.74, 6) is -0.309. The summed E-state index contributed by atoms with van der Waals surface area (Å²) in [6.07, 6.45) is 0.470. The van der Waals surface area contributed by atoms with Gasteiger partial charge in [-0.05, 0) is 17.7 Å². The summed E-state index contributed by atoms with van der Waals surface area (Å²) in [6.45, 7) is 0. The van der Waals surface area contributed by atoms with Crippen molar-refractivity contribution in [2.45, 2.75) is 6.04 Å². The lowest BCUT2D eigenvalue weighted by Crippen LogP contribution is -2.35. The number of hydrogen-bond donors (Lipinski definition) is 2. The molecule has 0 aliphatic rings. The molecule has 5 heteroatoms. The molecular formula is C11H11N3O2. The van der Waals surface area contributed by atoms with E-state index in [2.05, 4.69) is 10.6 Å². The van der Waals surface area contributed by atoms with Crippen molar-refractivity contribution in [1.82, 2.24) is 10.6 Å². The van der Waals surface area contributed by atoms with Crippen molar-refractivity contribution in [3.8, 4) is 6.07 Å². The van der Waals surface area contributed by atoms with E-state index in [0.717, 1.165) is 0 Å². The smallest absolute Gasteiger partial charge is 0.246 e. The Morgan fingerprint density at radius 3 is 2.50 bits per heavy atom. The standard InChI is InChI=1S/C11H11N3O2/c1-13-11(16)10(14-7-15)9-4-2-8(6-12)3-5-9/h2-5,7,10H,1H3,(H,13,16)(H,14,15). The lowest BCUT2D eigenvalue weighted by molar-refractivity contribution is -0.125. The first-order valence-electron chi connectivity index (χ1n) is 4.64. The minimum atomic E-state index is -0.727. The predicted octanol–water partition coefficient (Wildman–Crippen LogP) is 0.0914. The number of rotatable bonds is 4. The number of likely N-dealkylation sites (N-methyl/N-ethyl adjacent to an activating group) is 1. The van der Waals surface area contributed by atoms with Gasteiger partial charge in [0.25, 0.3) is 0 Å². The number of hydrogen-bond acceptors (Lipinski definition) is 3. The molecule has 0 saturated heterocycles. The molecule has 0 fully saturated rings. The highest BCUT2D eigenvalue weighted by Gasteiger charge is 2.17. The molecule has 0 aromatic heterocycles. The molecule has 0 aliphatic carbocycles. The maximum absolute atomic E-state index is 11.5. The number of benzene rings is 1. The van der Waals surface area contributed by atoms with Gasteiger partial charge in [-0.1, -0.05) is 12.1 Å². The van der Waals surface area contributed by atoms with Gasteiger partial charge in [-0.15, -0.1) is 0 Å². The number of nitrogens with zero attached hydrogens (tertiary/aromatic N) is 1. The molecule has 1 aromatic rings. The molecule has 2 amide bonds. The summed E-state index contributed by atoms with van der Waals surface area (Å²) in [5.41, 5.74) is 1.14. The molecule has 1 atom stereocenters. The monoisotopic (exact) mass is 217 g/mol. The first kappa shape index (κ1) is 11.7. The SMILES string of the molecule is CNC(=O)C(NC=O)c1ccc(C#N)cc1. The normalized spacial score (nSPS) is 11.0. The first-order valence-corrected chi connectivity index (χ1v) is 4.64. The summed E-state index contributed by atoms with van der Waals surface area (Å²) in [4.78, 5) is 21.8. The first-order chi connectivity index (χ1) is 7.72. The summed E-state index contributed by atoms with van der Waals surface area (Å²) < 4.78 is 0. The molecule has 16 heavy (non-hydrogen) atoms. The van der Waals surface area contributed by atoms with Crippen molar-refractivity contribution < 1.29 is 9.59 Å². The minimum Gasteiger partial charge on any atom is -0.357 e. The molecule has 0 aliphatic heterocycles. The van der Waals surface area contributed by atoms with E-state index < -0.39 is 6.04 Å². The van der Waals surface area contributed by atoms with Crippen LogP contribution in [-0.4, -0.2) is 19.4 Å². The van der Waals surface area contributed by atoms with E-state index in [1.165, 1.54) is 7.05 Å². The van der Waals surface area contributed by atoms with Crippen LogP contribution in [0.15, 0.2) is 24.3 Å². The van der Waals surface area contributed by atoms with E-state index in [4.69, 9.17) is 5.26 Å². The quantitative estimate of drug-likeness (QED) is 0.701. The van der Waals surface area contributed by atoms with Gasteiger partial charge in [-0.3, -0.25) is 9.59 Å². The second-order valence-electron chi connectivity index (χ2n) is 3.07. The number of nitrogens with one attached hydrogen (secondary N) is 2. The van der Waals surface area contributed by atoms with Crippen LogP contribution in [0, 0.1) is 11.3 Å². The number of carbonyl (C=O) groups excluding carboxylic acids is 2. The molecule has 82 valence electrons. The fourth-order valence-corrected chi connectivity index (χ4v) is 1.29. The van der Waals surface area contributed by atoms with Crippen LogP contribution >= 0.6 is 0 Å². The third-order valence-electron chi connectivity index (χ3n) is 2.12.